The summed E-state index contributed by atoms with van der Waals surface area (Å²) in [5.41, 5.74) is 12.9. The van der Waals surface area contributed by atoms with Gasteiger partial charge in [0.2, 0.25) is 0 Å². The van der Waals surface area contributed by atoms with Crippen molar-refractivity contribution in [3.05, 3.63) is 113 Å². The Hall–Kier alpha value is -2.88. The van der Waals surface area contributed by atoms with Gasteiger partial charge in [-0.1, -0.05) is 99.2 Å². The summed E-state index contributed by atoms with van der Waals surface area (Å²) in [6.45, 7) is 13.5. The van der Waals surface area contributed by atoms with Gasteiger partial charge < -0.3 is 10.5 Å². The number of hydrogen-bond donors (Lipinski definition) is 1. The molecule has 2 unspecified atom stereocenters. The molecule has 0 bridgehead atoms. The molecule has 3 heteroatoms. The molecule has 0 aromatic heterocycles. The molecule has 0 aliphatic carbocycles. The number of nitrogens with two attached hydrogens (primary N) is 1. The molecule has 2 N–H and O–H groups in total. The number of hydrogen-bond acceptors (Lipinski definition) is 3. The van der Waals surface area contributed by atoms with Crippen molar-refractivity contribution < 1.29 is 4.74 Å². The molecule has 4 rings (SSSR count). The molecule has 1 saturated heterocycles. The monoisotopic (exact) mass is 496 g/mol. The highest BCUT2D eigenvalue weighted by atomic mass is 16.5. The zero-order valence-electron chi connectivity index (χ0n) is 23.1. The smallest absolute Gasteiger partial charge is 0.119 e. The van der Waals surface area contributed by atoms with Crippen molar-refractivity contribution in [2.75, 3.05) is 19.6 Å². The van der Waals surface area contributed by atoms with Gasteiger partial charge in [0.15, 0.2) is 0 Å². The predicted octanol–water partition coefficient (Wildman–Crippen LogP) is 7.46. The van der Waals surface area contributed by atoms with E-state index in [9.17, 15) is 0 Å². The second-order valence-electron chi connectivity index (χ2n) is 11.6. The third-order valence-corrected chi connectivity index (χ3v) is 7.66. The number of nitrogens with zero attached hydrogens (tertiary/aromatic N) is 1. The molecule has 196 valence electrons. The van der Waals surface area contributed by atoms with Gasteiger partial charge in [-0.15, -0.1) is 0 Å². The van der Waals surface area contributed by atoms with Crippen molar-refractivity contribution in [1.29, 1.82) is 0 Å². The number of likely N-dealkylation sites (tertiary alicyclic amines) is 1. The minimum Gasteiger partial charge on any atom is -0.489 e. The van der Waals surface area contributed by atoms with E-state index in [0.717, 1.165) is 25.4 Å². The highest BCUT2D eigenvalue weighted by molar-refractivity contribution is 5.35. The first kappa shape index (κ1) is 27.2. The summed E-state index contributed by atoms with van der Waals surface area (Å²) in [4.78, 5) is 2.64. The summed E-state index contributed by atoms with van der Waals surface area (Å²) in [5.74, 6) is 1.86. The fraction of sp³-hybridized carbons (Fsp3) is 0.412. The maximum Gasteiger partial charge on any atom is 0.119 e. The average Bonchev–Trinajstić information content (AvgIpc) is 2.89. The van der Waals surface area contributed by atoms with Gasteiger partial charge in [-0.05, 0) is 72.0 Å². The first-order chi connectivity index (χ1) is 17.8. The van der Waals surface area contributed by atoms with Crippen molar-refractivity contribution in [1.82, 2.24) is 4.90 Å². The standard InChI is InChI=1S/C34H44N2O/c1-26(20-21-35)33(29-14-18-32(19-15-29)37-25-28-9-6-5-7-10-28)30-11-8-22-36(24-30)23-27-12-16-31(17-13-27)34(2,3)4/h5-7,9-10,12-20,30,33H,8,11,21-25,35H2,1-4H3. The molecular formula is C34H44N2O. The Kier molecular flexibility index (Phi) is 9.23. The molecule has 0 spiro atoms. The van der Waals surface area contributed by atoms with Crippen LogP contribution in [0.1, 0.15) is 68.7 Å². The molecule has 1 aliphatic heterocycles. The normalized spacial score (nSPS) is 18.0. The van der Waals surface area contributed by atoms with Crippen molar-refractivity contribution in [3.8, 4) is 5.75 Å². The molecule has 3 nitrogen and oxygen atoms in total. The van der Waals surface area contributed by atoms with Crippen LogP contribution in [0.15, 0.2) is 90.5 Å². The summed E-state index contributed by atoms with van der Waals surface area (Å²) in [6, 6.07) is 28.3. The number of benzene rings is 3. The Morgan fingerprint density at radius 1 is 0.973 bits per heavy atom. The molecule has 1 fully saturated rings. The van der Waals surface area contributed by atoms with Gasteiger partial charge >= 0.3 is 0 Å². The Balaban J connectivity index is 1.45. The van der Waals surface area contributed by atoms with Gasteiger partial charge in [-0.2, -0.15) is 0 Å². The van der Waals surface area contributed by atoms with Crippen molar-refractivity contribution in [2.24, 2.45) is 11.7 Å². The van der Waals surface area contributed by atoms with Crippen LogP contribution in [0.3, 0.4) is 0 Å². The molecule has 37 heavy (non-hydrogen) atoms. The van der Waals surface area contributed by atoms with Gasteiger partial charge in [0.25, 0.3) is 0 Å². The topological polar surface area (TPSA) is 38.5 Å². The van der Waals surface area contributed by atoms with E-state index in [1.807, 2.05) is 18.2 Å². The first-order valence-corrected chi connectivity index (χ1v) is 13.8. The molecule has 0 amide bonds. The molecule has 1 heterocycles. The summed E-state index contributed by atoms with van der Waals surface area (Å²) in [7, 11) is 0. The molecule has 3 aromatic rings. The van der Waals surface area contributed by atoms with Crippen LogP contribution in [0, 0.1) is 5.92 Å². The van der Waals surface area contributed by atoms with Gasteiger partial charge in [-0.3, -0.25) is 4.90 Å². The minimum atomic E-state index is 0.191. The fourth-order valence-electron chi connectivity index (χ4n) is 5.61. The lowest BCUT2D eigenvalue weighted by Crippen LogP contribution is -2.37. The fourth-order valence-corrected chi connectivity index (χ4v) is 5.61. The van der Waals surface area contributed by atoms with E-state index in [-0.39, 0.29) is 5.41 Å². The lowest BCUT2D eigenvalue weighted by Gasteiger charge is -2.38. The quantitative estimate of drug-likeness (QED) is 0.312. The van der Waals surface area contributed by atoms with Crippen LogP contribution in [0.2, 0.25) is 0 Å². The van der Waals surface area contributed by atoms with Gasteiger partial charge in [0.05, 0.1) is 0 Å². The molecule has 3 aromatic carbocycles. The van der Waals surface area contributed by atoms with Crippen molar-refractivity contribution >= 4 is 0 Å². The summed E-state index contributed by atoms with van der Waals surface area (Å²) < 4.78 is 6.05. The highest BCUT2D eigenvalue weighted by Gasteiger charge is 2.29. The SMILES string of the molecule is CC(=CCN)C(c1ccc(OCc2ccccc2)cc1)C1CCCN(Cc2ccc(C(C)(C)C)cc2)C1. The number of rotatable bonds is 9. The molecule has 1 aliphatic rings. The van der Waals surface area contributed by atoms with Crippen LogP contribution in [0.5, 0.6) is 5.75 Å². The maximum atomic E-state index is 6.05. The minimum absolute atomic E-state index is 0.191. The molecule has 2 atom stereocenters. The van der Waals surface area contributed by atoms with E-state index >= 15 is 0 Å². The third kappa shape index (κ3) is 7.56. The number of piperidine rings is 1. The van der Waals surface area contributed by atoms with E-state index in [4.69, 9.17) is 10.5 Å². The average molecular weight is 497 g/mol. The van der Waals surface area contributed by atoms with Crippen LogP contribution in [-0.4, -0.2) is 24.5 Å². The van der Waals surface area contributed by atoms with E-state index in [1.54, 1.807) is 0 Å². The van der Waals surface area contributed by atoms with Gasteiger partial charge in [-0.25, -0.2) is 0 Å². The Labute approximate surface area is 224 Å². The van der Waals surface area contributed by atoms with Crippen LogP contribution < -0.4 is 10.5 Å². The van der Waals surface area contributed by atoms with Crippen LogP contribution in [0.4, 0.5) is 0 Å². The lowest BCUT2D eigenvalue weighted by molar-refractivity contribution is 0.156. The van der Waals surface area contributed by atoms with Crippen LogP contribution >= 0.6 is 0 Å². The highest BCUT2D eigenvalue weighted by Crippen LogP contribution is 2.38. The second kappa shape index (κ2) is 12.6. The Morgan fingerprint density at radius 2 is 1.68 bits per heavy atom. The summed E-state index contributed by atoms with van der Waals surface area (Å²) in [5, 5.41) is 0. The van der Waals surface area contributed by atoms with E-state index < -0.39 is 0 Å². The van der Waals surface area contributed by atoms with Crippen molar-refractivity contribution in [3.63, 3.8) is 0 Å². The largest absolute Gasteiger partial charge is 0.489 e. The van der Waals surface area contributed by atoms with Crippen LogP contribution in [-0.2, 0) is 18.6 Å². The number of ether oxygens (including phenoxy) is 1. The van der Waals surface area contributed by atoms with E-state index in [1.165, 1.54) is 40.7 Å². The third-order valence-electron chi connectivity index (χ3n) is 7.66. The number of allylic oxidation sites excluding steroid dienone is 1. The van der Waals surface area contributed by atoms with E-state index in [2.05, 4.69) is 99.3 Å². The van der Waals surface area contributed by atoms with Crippen LogP contribution in [0.25, 0.3) is 0 Å². The Bertz CT molecular complexity index is 1130. The van der Waals surface area contributed by atoms with Gasteiger partial charge in [0, 0.05) is 25.6 Å². The van der Waals surface area contributed by atoms with E-state index in [0.29, 0.717) is 25.0 Å². The molecule has 0 radical (unpaired) electrons. The second-order valence-corrected chi connectivity index (χ2v) is 11.6. The molecule has 0 saturated carbocycles. The summed E-state index contributed by atoms with van der Waals surface area (Å²) >= 11 is 0. The zero-order valence-corrected chi connectivity index (χ0v) is 23.1. The first-order valence-electron chi connectivity index (χ1n) is 13.8. The van der Waals surface area contributed by atoms with Gasteiger partial charge in [0.1, 0.15) is 12.4 Å². The lowest BCUT2D eigenvalue weighted by atomic mass is 9.77. The predicted molar refractivity (Wildman–Crippen MR) is 156 cm³/mol. The Morgan fingerprint density at radius 3 is 2.32 bits per heavy atom. The van der Waals surface area contributed by atoms with Crippen molar-refractivity contribution in [2.45, 2.75) is 65.0 Å². The maximum absolute atomic E-state index is 6.05. The summed E-state index contributed by atoms with van der Waals surface area (Å²) in [6.07, 6.45) is 4.68. The zero-order chi connectivity index (χ0) is 26.3. The molecular weight excluding hydrogens is 452 g/mol.